The zero-order valence-electron chi connectivity index (χ0n) is 10.6. The molecule has 0 spiro atoms. The lowest BCUT2D eigenvalue weighted by Crippen LogP contribution is -2.12. The standard InChI is InChI=1S/C12H14O7/c1-3-15-10-7-5-6-9(8-10)11(13)17-19-18-12(14)16-4-2/h5-8H,3-4H2,1-2H3. The molecule has 0 saturated carbocycles. The van der Waals surface area contributed by atoms with Gasteiger partial charge in [-0.3, -0.25) is 4.89 Å². The van der Waals surface area contributed by atoms with Crippen molar-refractivity contribution in [1.29, 1.82) is 0 Å². The summed E-state index contributed by atoms with van der Waals surface area (Å²) in [6.07, 6.45) is -1.10. The van der Waals surface area contributed by atoms with E-state index in [0.29, 0.717) is 12.4 Å². The summed E-state index contributed by atoms with van der Waals surface area (Å²) >= 11 is 0. The number of carbonyl (C=O) groups is 2. The second-order valence-electron chi connectivity index (χ2n) is 3.17. The summed E-state index contributed by atoms with van der Waals surface area (Å²) in [5.41, 5.74) is 0.193. The molecule has 104 valence electrons. The van der Waals surface area contributed by atoms with E-state index >= 15 is 0 Å². The number of carbonyl (C=O) groups excluding carboxylic acids is 2. The summed E-state index contributed by atoms with van der Waals surface area (Å²) in [6.45, 7) is 4.00. The SMILES string of the molecule is CCOC(=O)OOOC(=O)c1cccc(OCC)c1. The van der Waals surface area contributed by atoms with Gasteiger partial charge in [-0.25, -0.2) is 14.5 Å². The van der Waals surface area contributed by atoms with E-state index in [2.05, 4.69) is 19.6 Å². The summed E-state index contributed by atoms with van der Waals surface area (Å²) in [5.74, 6) is -0.311. The minimum atomic E-state index is -1.10. The van der Waals surface area contributed by atoms with Crippen LogP contribution in [0.2, 0.25) is 0 Å². The number of benzene rings is 1. The molecule has 7 heteroatoms. The molecule has 0 heterocycles. The maximum absolute atomic E-state index is 11.5. The molecule has 0 atom stereocenters. The molecule has 19 heavy (non-hydrogen) atoms. The quantitative estimate of drug-likeness (QED) is 0.445. The Morgan fingerprint density at radius 1 is 1.11 bits per heavy atom. The van der Waals surface area contributed by atoms with Crippen LogP contribution >= 0.6 is 0 Å². The van der Waals surface area contributed by atoms with Crippen LogP contribution in [0.15, 0.2) is 24.3 Å². The first-order chi connectivity index (χ1) is 9.17. The second kappa shape index (κ2) is 7.93. The van der Waals surface area contributed by atoms with E-state index in [1.807, 2.05) is 6.92 Å². The normalized spacial score (nSPS) is 9.58. The van der Waals surface area contributed by atoms with Crippen LogP contribution in [0.4, 0.5) is 4.79 Å². The van der Waals surface area contributed by atoms with Crippen molar-refractivity contribution in [2.75, 3.05) is 13.2 Å². The van der Waals surface area contributed by atoms with Crippen LogP contribution in [0, 0.1) is 0 Å². The molecule has 0 aliphatic heterocycles. The number of hydrogen-bond acceptors (Lipinski definition) is 7. The monoisotopic (exact) mass is 270 g/mol. The lowest BCUT2D eigenvalue weighted by atomic mass is 10.2. The molecular formula is C12H14O7. The largest absolute Gasteiger partial charge is 0.543 e. The molecule has 0 N–H and O–H groups in total. The maximum Gasteiger partial charge on any atom is 0.543 e. The highest BCUT2D eigenvalue weighted by molar-refractivity contribution is 5.89. The van der Waals surface area contributed by atoms with Gasteiger partial charge in [0.1, 0.15) is 5.75 Å². The Kier molecular flexibility index (Phi) is 6.17. The van der Waals surface area contributed by atoms with Crippen LogP contribution in [0.5, 0.6) is 5.75 Å². The lowest BCUT2D eigenvalue weighted by Gasteiger charge is -2.05. The minimum absolute atomic E-state index is 0.118. The fourth-order valence-corrected chi connectivity index (χ4v) is 1.15. The molecule has 1 rings (SSSR count). The molecule has 0 amide bonds. The fourth-order valence-electron chi connectivity index (χ4n) is 1.15. The molecule has 0 radical (unpaired) electrons. The molecule has 0 fully saturated rings. The molecule has 1 aromatic carbocycles. The summed E-state index contributed by atoms with van der Waals surface area (Å²) < 4.78 is 9.60. The average molecular weight is 270 g/mol. The second-order valence-corrected chi connectivity index (χ2v) is 3.17. The zero-order chi connectivity index (χ0) is 14.1. The van der Waals surface area contributed by atoms with Gasteiger partial charge in [0.25, 0.3) is 0 Å². The third-order valence-corrected chi connectivity index (χ3v) is 1.85. The van der Waals surface area contributed by atoms with Crippen molar-refractivity contribution >= 4 is 12.1 Å². The van der Waals surface area contributed by atoms with Crippen molar-refractivity contribution in [3.05, 3.63) is 29.8 Å². The predicted octanol–water partition coefficient (Wildman–Crippen LogP) is 2.26. The molecular weight excluding hydrogens is 256 g/mol. The first-order valence-electron chi connectivity index (χ1n) is 5.62. The Bertz CT molecular complexity index is 430. The van der Waals surface area contributed by atoms with Crippen LogP contribution in [0.3, 0.4) is 0 Å². The third-order valence-electron chi connectivity index (χ3n) is 1.85. The summed E-state index contributed by atoms with van der Waals surface area (Å²) in [6, 6.07) is 6.28. The summed E-state index contributed by atoms with van der Waals surface area (Å²) in [7, 11) is 0. The van der Waals surface area contributed by atoms with E-state index in [9.17, 15) is 9.59 Å². The molecule has 0 unspecified atom stereocenters. The van der Waals surface area contributed by atoms with Gasteiger partial charge < -0.3 is 9.47 Å². The average Bonchev–Trinajstić information content (AvgIpc) is 2.39. The Hall–Kier alpha value is -2.28. The molecule has 0 saturated heterocycles. The van der Waals surface area contributed by atoms with Gasteiger partial charge in [0, 0.05) is 0 Å². The molecule has 0 aromatic heterocycles. The van der Waals surface area contributed by atoms with Crippen LogP contribution < -0.4 is 4.74 Å². The minimum Gasteiger partial charge on any atom is -0.494 e. The molecule has 0 aliphatic carbocycles. The molecule has 1 aromatic rings. The van der Waals surface area contributed by atoms with Gasteiger partial charge in [0.2, 0.25) is 0 Å². The van der Waals surface area contributed by atoms with Gasteiger partial charge in [0.05, 0.1) is 23.8 Å². The van der Waals surface area contributed by atoms with Crippen LogP contribution in [-0.4, -0.2) is 25.3 Å². The van der Waals surface area contributed by atoms with Gasteiger partial charge in [0.15, 0.2) is 0 Å². The first kappa shape index (κ1) is 14.8. The summed E-state index contributed by atoms with van der Waals surface area (Å²) in [4.78, 5) is 30.5. The van der Waals surface area contributed by atoms with E-state index in [-0.39, 0.29) is 12.2 Å². The highest BCUT2D eigenvalue weighted by Gasteiger charge is 2.12. The first-order valence-corrected chi connectivity index (χ1v) is 5.62. The predicted molar refractivity (Wildman–Crippen MR) is 62.2 cm³/mol. The van der Waals surface area contributed by atoms with Crippen molar-refractivity contribution < 1.29 is 33.9 Å². The topological polar surface area (TPSA) is 80.3 Å². The maximum atomic E-state index is 11.5. The molecule has 7 nitrogen and oxygen atoms in total. The van der Waals surface area contributed by atoms with Crippen molar-refractivity contribution in [2.24, 2.45) is 0 Å². The van der Waals surface area contributed by atoms with Gasteiger partial charge in [-0.1, -0.05) is 6.07 Å². The summed E-state index contributed by atoms with van der Waals surface area (Å²) in [5, 5.41) is 4.00. The van der Waals surface area contributed by atoms with Gasteiger partial charge >= 0.3 is 12.1 Å². The molecule has 0 aliphatic rings. The van der Waals surface area contributed by atoms with Crippen molar-refractivity contribution in [1.82, 2.24) is 0 Å². The van der Waals surface area contributed by atoms with Crippen molar-refractivity contribution in [2.45, 2.75) is 13.8 Å². The van der Waals surface area contributed by atoms with Crippen LogP contribution in [0.1, 0.15) is 24.2 Å². The molecule has 0 bridgehead atoms. The Balaban J connectivity index is 2.44. The zero-order valence-corrected chi connectivity index (χ0v) is 10.6. The Morgan fingerprint density at radius 3 is 2.58 bits per heavy atom. The lowest BCUT2D eigenvalue weighted by molar-refractivity contribution is -0.452. The van der Waals surface area contributed by atoms with Crippen molar-refractivity contribution in [3.8, 4) is 5.75 Å². The Morgan fingerprint density at radius 2 is 1.89 bits per heavy atom. The van der Waals surface area contributed by atoms with Crippen molar-refractivity contribution in [3.63, 3.8) is 0 Å². The number of ether oxygens (including phenoxy) is 2. The van der Waals surface area contributed by atoms with Gasteiger partial charge in [-0.05, 0) is 32.0 Å². The van der Waals surface area contributed by atoms with E-state index in [4.69, 9.17) is 4.74 Å². The highest BCUT2D eigenvalue weighted by Crippen LogP contribution is 2.14. The van der Waals surface area contributed by atoms with E-state index in [1.165, 1.54) is 12.1 Å². The smallest absolute Gasteiger partial charge is 0.494 e. The fraction of sp³-hybridized carbons (Fsp3) is 0.333. The van der Waals surface area contributed by atoms with E-state index in [0.717, 1.165) is 0 Å². The third kappa shape index (κ3) is 5.26. The highest BCUT2D eigenvalue weighted by atomic mass is 17.5. The van der Waals surface area contributed by atoms with Crippen LogP contribution in [0.25, 0.3) is 0 Å². The van der Waals surface area contributed by atoms with E-state index < -0.39 is 12.1 Å². The van der Waals surface area contributed by atoms with Gasteiger partial charge in [-0.15, -0.1) is 0 Å². The van der Waals surface area contributed by atoms with E-state index in [1.54, 1.807) is 19.1 Å². The van der Waals surface area contributed by atoms with Crippen LogP contribution in [-0.2, 0) is 19.6 Å². The number of hydrogen-bond donors (Lipinski definition) is 0. The van der Waals surface area contributed by atoms with Gasteiger partial charge in [-0.2, -0.15) is 0 Å². The Labute approximate surface area is 109 Å². The number of rotatable bonds is 6.